The molecule has 8 N–H and O–H groups in total. The van der Waals surface area contributed by atoms with Crippen molar-refractivity contribution in [2.75, 3.05) is 23.7 Å². The number of carboxylic acid groups (broad SMARTS) is 2. The number of fused-ring (bicyclic) bond motifs is 2. The predicted molar refractivity (Wildman–Crippen MR) is 91.5 cm³/mol. The van der Waals surface area contributed by atoms with Crippen molar-refractivity contribution in [1.29, 1.82) is 0 Å². The summed E-state index contributed by atoms with van der Waals surface area (Å²) in [6.45, 7) is -0.538. The predicted octanol–water partition coefficient (Wildman–Crippen LogP) is -4.96. The zero-order valence-corrected chi connectivity index (χ0v) is 14.6. The van der Waals surface area contributed by atoms with Crippen LogP contribution in [0.1, 0.15) is 0 Å². The summed E-state index contributed by atoms with van der Waals surface area (Å²) >= 11 is 0. The molecule has 4 rings (SSSR count). The van der Waals surface area contributed by atoms with E-state index in [1.807, 2.05) is 0 Å². The van der Waals surface area contributed by atoms with Crippen molar-refractivity contribution in [3.63, 3.8) is 0 Å². The molecule has 15 nitrogen and oxygen atoms in total. The van der Waals surface area contributed by atoms with Gasteiger partial charge in [-0.1, -0.05) is 9.97 Å². The van der Waals surface area contributed by atoms with Crippen LogP contribution in [0.25, 0.3) is 22.3 Å². The van der Waals surface area contributed by atoms with Gasteiger partial charge in [-0.05, 0) is 0 Å². The molecule has 4 aromatic heterocycles. The first-order chi connectivity index (χ1) is 13.5. The third-order valence-corrected chi connectivity index (χ3v) is 3.35. The zero-order chi connectivity index (χ0) is 19.9. The molecule has 0 atom stereocenters. The van der Waals surface area contributed by atoms with Crippen LogP contribution in [0.15, 0.2) is 25.3 Å². The van der Waals surface area contributed by atoms with Gasteiger partial charge in [-0.15, -0.1) is 0 Å². The number of aliphatic carboxylic acids is 2. The van der Waals surface area contributed by atoms with E-state index < -0.39 is 11.9 Å². The smallest absolute Gasteiger partial charge is 0.260 e. The molecule has 0 spiro atoms. The Morgan fingerprint density at radius 1 is 0.828 bits per heavy atom. The molecule has 0 bridgehead atoms. The van der Waals surface area contributed by atoms with E-state index in [0.717, 1.165) is 0 Å². The highest BCUT2D eigenvalue weighted by Gasteiger charge is 2.10. The fraction of sp³-hybridized carbons (Fsp3) is 0.143. The molecule has 0 aliphatic rings. The molecule has 4 aromatic rings. The van der Waals surface area contributed by atoms with Crippen molar-refractivity contribution in [2.45, 2.75) is 0 Å². The highest BCUT2D eigenvalue weighted by atomic mass is 16.4. The number of anilines is 2. The van der Waals surface area contributed by atoms with Crippen LogP contribution in [0.5, 0.6) is 0 Å². The maximum Gasteiger partial charge on any atom is 0.260 e. The van der Waals surface area contributed by atoms with E-state index in [9.17, 15) is 19.8 Å². The zero-order valence-electron chi connectivity index (χ0n) is 14.6. The molecular weight excluding hydrogens is 388 g/mol. The largest absolute Gasteiger partial charge is 0.547 e. The second-order valence-corrected chi connectivity index (χ2v) is 5.21. The summed E-state index contributed by atoms with van der Waals surface area (Å²) in [4.78, 5) is 47.3. The van der Waals surface area contributed by atoms with Crippen molar-refractivity contribution in [3.05, 3.63) is 25.3 Å². The van der Waals surface area contributed by atoms with Crippen LogP contribution in [0, 0.1) is 0 Å². The number of imidazole rings is 2. The van der Waals surface area contributed by atoms with Gasteiger partial charge in [0.25, 0.3) is 11.3 Å². The van der Waals surface area contributed by atoms with Gasteiger partial charge < -0.3 is 35.2 Å². The molecule has 0 saturated heterocycles. The first kappa shape index (κ1) is 20.9. The lowest BCUT2D eigenvalue weighted by atomic mass is 10.5. The van der Waals surface area contributed by atoms with Crippen molar-refractivity contribution < 1.29 is 35.2 Å². The van der Waals surface area contributed by atoms with E-state index in [0.29, 0.717) is 34.0 Å². The standard InChI is InChI=1S/2C7H7N5O2.H2O/c2*13-4(14)1-8-6-5-7(10-2-9-5)12-3-11-6;/h2*2-3H,1H2,(H,13,14)(H2,8,9,10,11,12);1H2. The van der Waals surface area contributed by atoms with Crippen molar-refractivity contribution in [3.8, 4) is 0 Å². The maximum absolute atomic E-state index is 10.2. The number of hydrogen-bond acceptors (Lipinski definition) is 10. The summed E-state index contributed by atoms with van der Waals surface area (Å²) in [5, 5.41) is 25.7. The van der Waals surface area contributed by atoms with E-state index >= 15 is 0 Å². The Bertz CT molecular complexity index is 1020. The number of hydrogen-bond donors (Lipinski definition) is 4. The number of nitrogens with zero attached hydrogens (tertiary/aromatic N) is 4. The summed E-state index contributed by atoms with van der Waals surface area (Å²) in [5.74, 6) is -1.31. The van der Waals surface area contributed by atoms with Crippen molar-refractivity contribution >= 4 is 45.9 Å². The van der Waals surface area contributed by atoms with Gasteiger partial charge in [-0.25, -0.2) is 19.9 Å². The van der Waals surface area contributed by atoms with E-state index in [-0.39, 0.29) is 18.6 Å². The molecule has 29 heavy (non-hydrogen) atoms. The number of aromatic nitrogens is 8. The summed E-state index contributed by atoms with van der Waals surface area (Å²) in [6.07, 6.45) is 5.83. The lowest BCUT2D eigenvalue weighted by Gasteiger charge is -2.00. The molecule has 0 aliphatic heterocycles. The Morgan fingerprint density at radius 3 is 1.62 bits per heavy atom. The lowest BCUT2D eigenvalue weighted by molar-refractivity contribution is -0.364. The lowest BCUT2D eigenvalue weighted by Crippen LogP contribution is -2.31. The first-order valence-corrected chi connectivity index (χ1v) is 7.81. The van der Waals surface area contributed by atoms with Crippen LogP contribution in [-0.2, 0) is 9.59 Å². The molecular formula is C14H16N10O5. The number of carbonyl (C=O) groups excluding carboxylic acids is 2. The second-order valence-electron chi connectivity index (χ2n) is 5.21. The highest BCUT2D eigenvalue weighted by Crippen LogP contribution is 2.11. The van der Waals surface area contributed by atoms with Crippen LogP contribution in [0.3, 0.4) is 0 Å². The van der Waals surface area contributed by atoms with Gasteiger partial charge in [-0.2, -0.15) is 0 Å². The normalized spacial score (nSPS) is 9.93. The van der Waals surface area contributed by atoms with Crippen LogP contribution < -0.4 is 30.8 Å². The van der Waals surface area contributed by atoms with Gasteiger partial charge in [0, 0.05) is 0 Å². The highest BCUT2D eigenvalue weighted by molar-refractivity contribution is 5.82. The fourth-order valence-corrected chi connectivity index (χ4v) is 2.20. The Balaban J connectivity index is 0.000000200. The molecule has 0 aromatic carbocycles. The topological polar surface area (TPSA) is 247 Å². The quantitative estimate of drug-likeness (QED) is 0.238. The van der Waals surface area contributed by atoms with Gasteiger partial charge in [0.15, 0.2) is 11.0 Å². The van der Waals surface area contributed by atoms with E-state index in [1.54, 1.807) is 0 Å². The molecule has 0 aliphatic carbocycles. The van der Waals surface area contributed by atoms with Gasteiger partial charge >= 0.3 is 0 Å². The minimum Gasteiger partial charge on any atom is -0.547 e. The number of nitrogens with one attached hydrogen (secondary N) is 6. The Labute approximate surface area is 161 Å². The summed E-state index contributed by atoms with van der Waals surface area (Å²) in [5.41, 5.74) is 2.30. The second kappa shape index (κ2) is 9.51. The minimum absolute atomic E-state index is 0. The summed E-state index contributed by atoms with van der Waals surface area (Å²) < 4.78 is 0. The Hall–Kier alpha value is -4.40. The van der Waals surface area contributed by atoms with Crippen molar-refractivity contribution in [1.82, 2.24) is 29.9 Å². The molecule has 0 saturated carbocycles. The van der Waals surface area contributed by atoms with E-state index in [1.165, 1.54) is 25.3 Å². The average Bonchev–Trinajstić information content (AvgIpc) is 3.34. The molecule has 0 amide bonds. The number of H-pyrrole nitrogens is 4. The molecule has 152 valence electrons. The fourth-order valence-electron chi connectivity index (χ4n) is 2.20. The summed E-state index contributed by atoms with van der Waals surface area (Å²) in [6, 6.07) is 0. The SMILES string of the molecule is O.O=C([O-])CNc1[nH+]cnc2nc[nH]c12.O=C([O-])CNc1[nH+]cnc2nc[nH]c12. The number of carbonyl (C=O) groups is 2. The molecule has 4 heterocycles. The monoisotopic (exact) mass is 404 g/mol. The number of carboxylic acids is 2. The van der Waals surface area contributed by atoms with Gasteiger partial charge in [0.2, 0.25) is 24.3 Å². The molecule has 0 radical (unpaired) electrons. The van der Waals surface area contributed by atoms with Crippen LogP contribution >= 0.6 is 0 Å². The molecule has 0 fully saturated rings. The van der Waals surface area contributed by atoms with Crippen molar-refractivity contribution in [2.24, 2.45) is 0 Å². The number of rotatable bonds is 6. The van der Waals surface area contributed by atoms with Crippen LogP contribution in [-0.4, -0.2) is 60.4 Å². The van der Waals surface area contributed by atoms with Crippen LogP contribution in [0.4, 0.5) is 11.6 Å². The van der Waals surface area contributed by atoms with Crippen LogP contribution in [0.2, 0.25) is 0 Å². The summed E-state index contributed by atoms with van der Waals surface area (Å²) in [7, 11) is 0. The van der Waals surface area contributed by atoms with E-state index in [2.05, 4.69) is 50.5 Å². The Morgan fingerprint density at radius 2 is 1.24 bits per heavy atom. The van der Waals surface area contributed by atoms with E-state index in [4.69, 9.17) is 0 Å². The third kappa shape index (κ3) is 5.30. The maximum atomic E-state index is 10.2. The molecule has 15 heteroatoms. The first-order valence-electron chi connectivity index (χ1n) is 7.81. The molecule has 0 unspecified atom stereocenters. The van der Waals surface area contributed by atoms with Gasteiger partial charge in [0.1, 0.15) is 13.1 Å². The minimum atomic E-state index is -1.18. The van der Waals surface area contributed by atoms with Gasteiger partial charge in [-0.3, -0.25) is 10.6 Å². The number of aromatic amines is 4. The average molecular weight is 404 g/mol. The van der Waals surface area contributed by atoms with Gasteiger partial charge in [0.05, 0.1) is 24.6 Å². The third-order valence-electron chi connectivity index (χ3n) is 3.35. The Kier molecular flexibility index (Phi) is 6.86.